The molecule has 2 saturated carbocycles. The summed E-state index contributed by atoms with van der Waals surface area (Å²) in [6.45, 7) is 4.77. The van der Waals surface area contributed by atoms with Crippen LogP contribution >= 0.6 is 0 Å². The van der Waals surface area contributed by atoms with Gasteiger partial charge in [-0.15, -0.1) is 0 Å². The lowest BCUT2D eigenvalue weighted by atomic mass is 10.0. The Morgan fingerprint density at radius 3 is 2.50 bits per heavy atom. The molecule has 0 spiro atoms. The van der Waals surface area contributed by atoms with Gasteiger partial charge in [-0.05, 0) is 50.4 Å². The van der Waals surface area contributed by atoms with E-state index in [2.05, 4.69) is 19.2 Å². The number of rotatable bonds is 3. The van der Waals surface area contributed by atoms with Crippen molar-refractivity contribution in [2.24, 2.45) is 11.8 Å². The third kappa shape index (κ3) is 3.48. The first-order valence-corrected chi connectivity index (χ1v) is 7.54. The summed E-state index contributed by atoms with van der Waals surface area (Å²) in [5.41, 5.74) is 0. The van der Waals surface area contributed by atoms with Gasteiger partial charge in [0.1, 0.15) is 0 Å². The topological polar surface area (TPSA) is 12.0 Å². The highest BCUT2D eigenvalue weighted by Crippen LogP contribution is 2.30. The van der Waals surface area contributed by atoms with Crippen LogP contribution < -0.4 is 5.32 Å². The van der Waals surface area contributed by atoms with Crippen molar-refractivity contribution in [2.75, 3.05) is 0 Å². The van der Waals surface area contributed by atoms with E-state index < -0.39 is 0 Å². The van der Waals surface area contributed by atoms with Crippen LogP contribution in [0, 0.1) is 11.8 Å². The molecule has 1 nitrogen and oxygen atoms in total. The second kappa shape index (κ2) is 6.05. The van der Waals surface area contributed by atoms with Crippen LogP contribution in [0.1, 0.15) is 71.6 Å². The molecule has 2 rings (SSSR count). The van der Waals surface area contributed by atoms with Crippen LogP contribution in [0.2, 0.25) is 0 Å². The molecule has 0 aliphatic heterocycles. The maximum absolute atomic E-state index is 3.94. The lowest BCUT2D eigenvalue weighted by Gasteiger charge is -2.21. The molecule has 0 saturated heterocycles. The minimum atomic E-state index is 0.838. The van der Waals surface area contributed by atoms with Gasteiger partial charge in [-0.2, -0.15) is 0 Å². The molecule has 2 fully saturated rings. The fourth-order valence-corrected chi connectivity index (χ4v) is 3.58. The lowest BCUT2D eigenvalue weighted by Crippen LogP contribution is -2.36. The lowest BCUT2D eigenvalue weighted by molar-refractivity contribution is 0.381. The SMILES string of the molecule is CCC1CCC(NC2CCCC(C)CC2)C1. The molecule has 0 amide bonds. The highest BCUT2D eigenvalue weighted by atomic mass is 15.0. The Morgan fingerprint density at radius 1 is 0.938 bits per heavy atom. The number of hydrogen-bond acceptors (Lipinski definition) is 1. The van der Waals surface area contributed by atoms with E-state index in [1.165, 1.54) is 57.8 Å². The summed E-state index contributed by atoms with van der Waals surface area (Å²) < 4.78 is 0. The maximum Gasteiger partial charge on any atom is 0.00723 e. The number of nitrogens with one attached hydrogen (secondary N) is 1. The quantitative estimate of drug-likeness (QED) is 0.710. The van der Waals surface area contributed by atoms with Gasteiger partial charge in [0.2, 0.25) is 0 Å². The first-order valence-electron chi connectivity index (χ1n) is 7.54. The average Bonchev–Trinajstić information content (AvgIpc) is 2.63. The van der Waals surface area contributed by atoms with Gasteiger partial charge in [-0.1, -0.05) is 33.1 Å². The van der Waals surface area contributed by atoms with E-state index in [1.54, 1.807) is 0 Å². The van der Waals surface area contributed by atoms with Crippen molar-refractivity contribution in [3.8, 4) is 0 Å². The van der Waals surface area contributed by atoms with Gasteiger partial charge in [0.25, 0.3) is 0 Å². The average molecular weight is 223 g/mol. The van der Waals surface area contributed by atoms with Crippen molar-refractivity contribution in [1.82, 2.24) is 5.32 Å². The van der Waals surface area contributed by atoms with Crippen LogP contribution in [0.5, 0.6) is 0 Å². The summed E-state index contributed by atoms with van der Waals surface area (Å²) in [6, 6.07) is 1.69. The van der Waals surface area contributed by atoms with Crippen molar-refractivity contribution in [3.05, 3.63) is 0 Å². The molecule has 0 radical (unpaired) electrons. The first-order chi connectivity index (χ1) is 7.78. The largest absolute Gasteiger partial charge is 0.311 e. The fraction of sp³-hybridized carbons (Fsp3) is 1.00. The van der Waals surface area contributed by atoms with Gasteiger partial charge in [0.05, 0.1) is 0 Å². The monoisotopic (exact) mass is 223 g/mol. The van der Waals surface area contributed by atoms with Gasteiger partial charge in [0, 0.05) is 12.1 Å². The van der Waals surface area contributed by atoms with E-state index >= 15 is 0 Å². The van der Waals surface area contributed by atoms with Gasteiger partial charge in [-0.3, -0.25) is 0 Å². The van der Waals surface area contributed by atoms with E-state index in [0.717, 1.165) is 23.9 Å². The second-order valence-corrected chi connectivity index (χ2v) is 6.26. The van der Waals surface area contributed by atoms with Crippen LogP contribution in [0.3, 0.4) is 0 Å². The fourth-order valence-electron chi connectivity index (χ4n) is 3.58. The van der Waals surface area contributed by atoms with Crippen LogP contribution in [0.4, 0.5) is 0 Å². The van der Waals surface area contributed by atoms with Crippen LogP contribution in [0.25, 0.3) is 0 Å². The Hall–Kier alpha value is -0.0400. The van der Waals surface area contributed by atoms with E-state index in [-0.39, 0.29) is 0 Å². The van der Waals surface area contributed by atoms with Gasteiger partial charge < -0.3 is 5.32 Å². The summed E-state index contributed by atoms with van der Waals surface area (Å²) >= 11 is 0. The summed E-state index contributed by atoms with van der Waals surface area (Å²) in [5, 5.41) is 3.94. The molecule has 2 aliphatic carbocycles. The van der Waals surface area contributed by atoms with Gasteiger partial charge >= 0.3 is 0 Å². The molecule has 0 aromatic rings. The predicted molar refractivity (Wildman–Crippen MR) is 70.6 cm³/mol. The zero-order valence-corrected chi connectivity index (χ0v) is 11.2. The summed E-state index contributed by atoms with van der Waals surface area (Å²) in [6.07, 6.45) is 12.9. The molecule has 0 bridgehead atoms. The molecule has 1 heteroatoms. The summed E-state index contributed by atoms with van der Waals surface area (Å²) in [7, 11) is 0. The van der Waals surface area contributed by atoms with Crippen molar-refractivity contribution < 1.29 is 0 Å². The van der Waals surface area contributed by atoms with E-state index in [1.807, 2.05) is 0 Å². The zero-order valence-electron chi connectivity index (χ0n) is 11.2. The molecule has 4 unspecified atom stereocenters. The normalized spacial score (nSPS) is 40.9. The second-order valence-electron chi connectivity index (χ2n) is 6.26. The Bertz CT molecular complexity index is 202. The molecule has 2 aliphatic rings. The molecule has 4 atom stereocenters. The van der Waals surface area contributed by atoms with Crippen molar-refractivity contribution in [2.45, 2.75) is 83.7 Å². The Labute approximate surface area is 101 Å². The van der Waals surface area contributed by atoms with E-state index in [4.69, 9.17) is 0 Å². The molecular weight excluding hydrogens is 194 g/mol. The van der Waals surface area contributed by atoms with Crippen molar-refractivity contribution >= 4 is 0 Å². The van der Waals surface area contributed by atoms with E-state index in [0.29, 0.717) is 0 Å². The standard InChI is InChI=1S/C15H29N/c1-3-13-8-10-15(11-13)16-14-6-4-5-12(2)7-9-14/h12-16H,3-11H2,1-2H3. The third-order valence-electron chi connectivity index (χ3n) is 4.85. The first kappa shape index (κ1) is 12.4. The minimum absolute atomic E-state index is 0.838. The summed E-state index contributed by atoms with van der Waals surface area (Å²) in [5.74, 6) is 1.99. The molecule has 0 heterocycles. The smallest absolute Gasteiger partial charge is 0.00723 e. The van der Waals surface area contributed by atoms with Gasteiger partial charge in [-0.25, -0.2) is 0 Å². The Balaban J connectivity index is 1.72. The molecule has 94 valence electrons. The van der Waals surface area contributed by atoms with Crippen LogP contribution in [-0.2, 0) is 0 Å². The van der Waals surface area contributed by atoms with Crippen LogP contribution in [-0.4, -0.2) is 12.1 Å². The van der Waals surface area contributed by atoms with E-state index in [9.17, 15) is 0 Å². The van der Waals surface area contributed by atoms with Crippen molar-refractivity contribution in [3.63, 3.8) is 0 Å². The Kier molecular flexibility index (Phi) is 4.69. The van der Waals surface area contributed by atoms with Crippen molar-refractivity contribution in [1.29, 1.82) is 0 Å². The molecular formula is C15H29N. The molecule has 0 aromatic carbocycles. The summed E-state index contributed by atoms with van der Waals surface area (Å²) in [4.78, 5) is 0. The maximum atomic E-state index is 3.94. The highest BCUT2D eigenvalue weighted by Gasteiger charge is 2.26. The van der Waals surface area contributed by atoms with Gasteiger partial charge in [0.15, 0.2) is 0 Å². The molecule has 16 heavy (non-hydrogen) atoms. The Morgan fingerprint density at radius 2 is 1.75 bits per heavy atom. The third-order valence-corrected chi connectivity index (χ3v) is 4.85. The molecule has 0 aromatic heterocycles. The zero-order chi connectivity index (χ0) is 11.4. The predicted octanol–water partition coefficient (Wildman–Crippen LogP) is 4.12. The highest BCUT2D eigenvalue weighted by molar-refractivity contribution is 4.84. The number of hydrogen-bond donors (Lipinski definition) is 1. The van der Waals surface area contributed by atoms with Crippen LogP contribution in [0.15, 0.2) is 0 Å². The minimum Gasteiger partial charge on any atom is -0.311 e. The molecule has 1 N–H and O–H groups in total.